The maximum absolute atomic E-state index is 13.5. The summed E-state index contributed by atoms with van der Waals surface area (Å²) in [5.41, 5.74) is 0.524. The fourth-order valence-corrected chi connectivity index (χ4v) is 1.88. The highest BCUT2D eigenvalue weighted by atomic mass is 35.5. The maximum Gasteiger partial charge on any atom is 0.165 e. The van der Waals surface area contributed by atoms with Crippen molar-refractivity contribution in [2.75, 3.05) is 5.88 Å². The number of aromatic nitrogens is 3. The average molecular weight is 308 g/mol. The van der Waals surface area contributed by atoms with E-state index < -0.39 is 5.82 Å². The van der Waals surface area contributed by atoms with E-state index in [0.717, 1.165) is 0 Å². The predicted octanol–water partition coefficient (Wildman–Crippen LogP) is 3.17. The summed E-state index contributed by atoms with van der Waals surface area (Å²) in [5.74, 6) is 6.31. The van der Waals surface area contributed by atoms with Crippen molar-refractivity contribution < 1.29 is 9.13 Å². The molecular weight excluding hydrogens is 293 g/mol. The molecule has 0 saturated carbocycles. The SMILES string of the molecule is CC(C)n1ncnc1COc1cc(F)cc(C#CCCl)c1. The molecule has 0 aliphatic heterocycles. The maximum atomic E-state index is 13.5. The Balaban J connectivity index is 2.12. The van der Waals surface area contributed by atoms with Crippen LogP contribution in [-0.2, 0) is 6.61 Å². The molecule has 0 bridgehead atoms. The minimum absolute atomic E-state index is 0.184. The Labute approximate surface area is 127 Å². The van der Waals surface area contributed by atoms with Gasteiger partial charge in [0.15, 0.2) is 5.82 Å². The number of hydrogen-bond donors (Lipinski definition) is 0. The van der Waals surface area contributed by atoms with E-state index in [1.54, 1.807) is 10.7 Å². The summed E-state index contributed by atoms with van der Waals surface area (Å²) in [7, 11) is 0. The van der Waals surface area contributed by atoms with Gasteiger partial charge in [0.1, 0.15) is 24.5 Å². The lowest BCUT2D eigenvalue weighted by Gasteiger charge is -2.10. The van der Waals surface area contributed by atoms with Gasteiger partial charge in [-0.3, -0.25) is 0 Å². The van der Waals surface area contributed by atoms with E-state index in [4.69, 9.17) is 16.3 Å². The van der Waals surface area contributed by atoms with Gasteiger partial charge in [0.25, 0.3) is 0 Å². The molecule has 0 radical (unpaired) electrons. The number of rotatable bonds is 4. The summed E-state index contributed by atoms with van der Waals surface area (Å²) in [4.78, 5) is 4.13. The fraction of sp³-hybridized carbons (Fsp3) is 0.333. The standard InChI is InChI=1S/C15H15ClFN3O/c1-11(2)20-15(18-10-19-20)9-21-14-7-12(4-3-5-16)6-13(17)8-14/h6-8,10-11H,5,9H2,1-2H3. The van der Waals surface area contributed by atoms with Crippen LogP contribution in [0.1, 0.15) is 31.3 Å². The van der Waals surface area contributed by atoms with Gasteiger partial charge in [-0.1, -0.05) is 11.8 Å². The molecule has 1 aromatic heterocycles. The molecule has 0 aliphatic rings. The van der Waals surface area contributed by atoms with Crippen molar-refractivity contribution in [2.24, 2.45) is 0 Å². The van der Waals surface area contributed by atoms with Crippen LogP contribution in [-0.4, -0.2) is 20.6 Å². The van der Waals surface area contributed by atoms with E-state index in [0.29, 0.717) is 17.1 Å². The van der Waals surface area contributed by atoms with E-state index in [2.05, 4.69) is 21.9 Å². The highest BCUT2D eigenvalue weighted by Crippen LogP contribution is 2.17. The van der Waals surface area contributed by atoms with Crippen molar-refractivity contribution in [3.63, 3.8) is 0 Å². The van der Waals surface area contributed by atoms with Crippen molar-refractivity contribution >= 4 is 11.6 Å². The van der Waals surface area contributed by atoms with Gasteiger partial charge in [-0.25, -0.2) is 14.1 Å². The Morgan fingerprint density at radius 3 is 2.90 bits per heavy atom. The zero-order chi connectivity index (χ0) is 15.2. The van der Waals surface area contributed by atoms with Gasteiger partial charge in [-0.05, 0) is 26.0 Å². The molecule has 1 heterocycles. The molecule has 110 valence electrons. The average Bonchev–Trinajstić information content (AvgIpc) is 2.91. The summed E-state index contributed by atoms with van der Waals surface area (Å²) in [6.07, 6.45) is 1.47. The first-order valence-corrected chi connectivity index (χ1v) is 7.00. The number of halogens is 2. The molecule has 21 heavy (non-hydrogen) atoms. The molecule has 0 aliphatic carbocycles. The van der Waals surface area contributed by atoms with Gasteiger partial charge in [-0.2, -0.15) is 5.10 Å². The van der Waals surface area contributed by atoms with E-state index in [1.807, 2.05) is 13.8 Å². The summed E-state index contributed by atoms with van der Waals surface area (Å²) in [6.45, 7) is 4.21. The third-order valence-corrected chi connectivity index (χ3v) is 2.81. The minimum atomic E-state index is -0.406. The Bertz CT molecular complexity index is 673. The molecule has 6 heteroatoms. The molecule has 0 saturated heterocycles. The van der Waals surface area contributed by atoms with Crippen LogP contribution in [0.4, 0.5) is 4.39 Å². The smallest absolute Gasteiger partial charge is 0.165 e. The van der Waals surface area contributed by atoms with Crippen LogP contribution in [0.3, 0.4) is 0 Å². The molecule has 4 nitrogen and oxygen atoms in total. The van der Waals surface area contributed by atoms with Gasteiger partial charge in [0.05, 0.1) is 5.88 Å². The summed E-state index contributed by atoms with van der Waals surface area (Å²) < 4.78 is 20.9. The lowest BCUT2D eigenvalue weighted by molar-refractivity contribution is 0.281. The molecule has 2 rings (SSSR count). The first-order chi connectivity index (χ1) is 10.1. The molecule has 1 aromatic carbocycles. The van der Waals surface area contributed by atoms with Crippen LogP contribution >= 0.6 is 11.6 Å². The van der Waals surface area contributed by atoms with Crippen LogP contribution in [0, 0.1) is 17.7 Å². The van der Waals surface area contributed by atoms with Gasteiger partial charge in [-0.15, -0.1) is 11.6 Å². The molecule has 0 unspecified atom stereocenters. The van der Waals surface area contributed by atoms with Gasteiger partial charge >= 0.3 is 0 Å². The number of benzene rings is 1. The lowest BCUT2D eigenvalue weighted by atomic mass is 10.2. The van der Waals surface area contributed by atoms with E-state index >= 15 is 0 Å². The van der Waals surface area contributed by atoms with Crippen LogP contribution in [0.5, 0.6) is 5.75 Å². The molecule has 0 N–H and O–H groups in total. The highest BCUT2D eigenvalue weighted by molar-refractivity contribution is 6.19. The van der Waals surface area contributed by atoms with Gasteiger partial charge < -0.3 is 4.74 Å². The highest BCUT2D eigenvalue weighted by Gasteiger charge is 2.09. The molecule has 0 amide bonds. The van der Waals surface area contributed by atoms with Crippen LogP contribution in [0.25, 0.3) is 0 Å². The zero-order valence-corrected chi connectivity index (χ0v) is 12.6. The van der Waals surface area contributed by atoms with E-state index in [-0.39, 0.29) is 18.5 Å². The summed E-state index contributed by atoms with van der Waals surface area (Å²) >= 11 is 5.49. The Morgan fingerprint density at radius 1 is 1.38 bits per heavy atom. The molecule has 0 spiro atoms. The monoisotopic (exact) mass is 307 g/mol. The lowest BCUT2D eigenvalue weighted by Crippen LogP contribution is -2.10. The second-order valence-corrected chi connectivity index (χ2v) is 4.88. The van der Waals surface area contributed by atoms with E-state index in [9.17, 15) is 4.39 Å². The van der Waals surface area contributed by atoms with Crippen molar-refractivity contribution in [1.82, 2.24) is 14.8 Å². The number of ether oxygens (including phenoxy) is 1. The number of nitrogens with zero attached hydrogens (tertiary/aromatic N) is 3. The first-order valence-electron chi connectivity index (χ1n) is 6.46. The Morgan fingerprint density at radius 2 is 2.19 bits per heavy atom. The predicted molar refractivity (Wildman–Crippen MR) is 78.7 cm³/mol. The number of alkyl halides is 1. The normalized spacial score (nSPS) is 10.3. The third-order valence-electron chi connectivity index (χ3n) is 2.68. The zero-order valence-electron chi connectivity index (χ0n) is 11.8. The van der Waals surface area contributed by atoms with Crippen molar-refractivity contribution in [2.45, 2.75) is 26.5 Å². The van der Waals surface area contributed by atoms with Gasteiger partial charge in [0, 0.05) is 17.7 Å². The van der Waals surface area contributed by atoms with Crippen molar-refractivity contribution in [1.29, 1.82) is 0 Å². The summed E-state index contributed by atoms with van der Waals surface area (Å²) in [5, 5.41) is 4.12. The Kier molecular flexibility index (Phi) is 5.18. The first kappa shape index (κ1) is 15.3. The second kappa shape index (κ2) is 7.09. The molecular formula is C15H15ClFN3O. The van der Waals surface area contributed by atoms with Crippen molar-refractivity contribution in [3.8, 4) is 17.6 Å². The van der Waals surface area contributed by atoms with Crippen LogP contribution in [0.2, 0.25) is 0 Å². The fourth-order valence-electron chi connectivity index (χ4n) is 1.81. The molecule has 0 fully saturated rings. The van der Waals surface area contributed by atoms with Crippen LogP contribution < -0.4 is 4.74 Å². The third kappa shape index (κ3) is 4.20. The second-order valence-electron chi connectivity index (χ2n) is 4.61. The minimum Gasteiger partial charge on any atom is -0.485 e. The Hall–Kier alpha value is -2.06. The summed E-state index contributed by atoms with van der Waals surface area (Å²) in [6, 6.07) is 4.49. The topological polar surface area (TPSA) is 39.9 Å². The van der Waals surface area contributed by atoms with Gasteiger partial charge in [0.2, 0.25) is 0 Å². The molecule has 2 aromatic rings. The largest absolute Gasteiger partial charge is 0.485 e. The van der Waals surface area contributed by atoms with Crippen LogP contribution in [0.15, 0.2) is 24.5 Å². The van der Waals surface area contributed by atoms with Crippen molar-refractivity contribution in [3.05, 3.63) is 41.7 Å². The van der Waals surface area contributed by atoms with E-state index in [1.165, 1.54) is 18.5 Å². The number of hydrogen-bond acceptors (Lipinski definition) is 3. The molecule has 0 atom stereocenters. The quantitative estimate of drug-likeness (QED) is 0.643.